The summed E-state index contributed by atoms with van der Waals surface area (Å²) in [5, 5.41) is 4.10. The average Bonchev–Trinajstić information content (AvgIpc) is 2.37. The van der Waals surface area contributed by atoms with Crippen LogP contribution in [0.4, 0.5) is 5.69 Å². The molecule has 0 aromatic heterocycles. The van der Waals surface area contributed by atoms with E-state index in [1.807, 2.05) is 25.1 Å². The van der Waals surface area contributed by atoms with E-state index in [-0.39, 0.29) is 5.41 Å². The second kappa shape index (κ2) is 5.88. The second-order valence-electron chi connectivity index (χ2n) is 5.76. The zero-order chi connectivity index (χ0) is 14.9. The molecule has 1 aromatic rings. The summed E-state index contributed by atoms with van der Waals surface area (Å²) in [7, 11) is 0. The molecule has 1 fully saturated rings. The number of hydrogen-bond acceptors (Lipinski definition) is 3. The van der Waals surface area contributed by atoms with Gasteiger partial charge in [0, 0.05) is 29.3 Å². The molecule has 0 heterocycles. The fraction of sp³-hybridized carbons (Fsp3) is 0.533. The summed E-state index contributed by atoms with van der Waals surface area (Å²) in [6.45, 7) is 7.24. The van der Waals surface area contributed by atoms with Crippen LogP contribution in [0, 0.1) is 5.41 Å². The number of ether oxygens (including phenoxy) is 1. The number of thiocarbonyl (C=S) groups is 1. The number of nitrogens with one attached hydrogen (secondary N) is 1. The average molecular weight is 313 g/mol. The molecule has 2 rings (SSSR count). The maximum atomic E-state index is 6.19. The van der Waals surface area contributed by atoms with Gasteiger partial charge in [-0.15, -0.1) is 0 Å². The molecule has 1 aromatic carbocycles. The van der Waals surface area contributed by atoms with Crippen LogP contribution >= 0.6 is 23.8 Å². The Bertz CT molecular complexity index is 519. The molecule has 3 N–H and O–H groups in total. The maximum Gasteiger partial charge on any atom is 0.105 e. The zero-order valence-corrected chi connectivity index (χ0v) is 13.6. The number of halogens is 1. The number of benzene rings is 1. The van der Waals surface area contributed by atoms with Gasteiger partial charge in [-0.3, -0.25) is 0 Å². The number of rotatable bonds is 5. The maximum absolute atomic E-state index is 6.19. The quantitative estimate of drug-likeness (QED) is 0.816. The van der Waals surface area contributed by atoms with Gasteiger partial charge in [0.15, 0.2) is 0 Å². The molecule has 1 aliphatic carbocycles. The van der Waals surface area contributed by atoms with Crippen molar-refractivity contribution in [2.24, 2.45) is 11.1 Å². The summed E-state index contributed by atoms with van der Waals surface area (Å²) in [5.41, 5.74) is 7.43. The molecule has 0 saturated heterocycles. The first-order valence-corrected chi connectivity index (χ1v) is 7.62. The molecule has 1 saturated carbocycles. The summed E-state index contributed by atoms with van der Waals surface area (Å²) in [5.74, 6) is 0. The Kier molecular flexibility index (Phi) is 4.57. The molecule has 2 atom stereocenters. The lowest BCUT2D eigenvalue weighted by molar-refractivity contribution is -0.0975. The van der Waals surface area contributed by atoms with Crippen LogP contribution in [0.3, 0.4) is 0 Å². The van der Waals surface area contributed by atoms with Gasteiger partial charge >= 0.3 is 0 Å². The van der Waals surface area contributed by atoms with E-state index in [2.05, 4.69) is 19.2 Å². The van der Waals surface area contributed by atoms with E-state index in [1.54, 1.807) is 0 Å². The Balaban J connectivity index is 2.05. The third kappa shape index (κ3) is 2.92. The van der Waals surface area contributed by atoms with Crippen molar-refractivity contribution in [1.29, 1.82) is 0 Å². The molecule has 110 valence electrons. The molecule has 3 nitrogen and oxygen atoms in total. The first-order valence-electron chi connectivity index (χ1n) is 6.83. The van der Waals surface area contributed by atoms with Crippen molar-refractivity contribution in [2.45, 2.75) is 39.3 Å². The highest BCUT2D eigenvalue weighted by Crippen LogP contribution is 2.44. The van der Waals surface area contributed by atoms with Gasteiger partial charge in [-0.1, -0.05) is 37.7 Å². The summed E-state index contributed by atoms with van der Waals surface area (Å²) in [6, 6.07) is 6.08. The van der Waals surface area contributed by atoms with Gasteiger partial charge in [0.25, 0.3) is 0 Å². The molecular formula is C15H21ClN2OS. The van der Waals surface area contributed by atoms with Gasteiger partial charge in [-0.05, 0) is 31.5 Å². The standard InChI is InChI=1S/C15H21ClN2OS/c1-4-19-13-8-12(15(13,2)3)18-9-5-6-10(14(17)20)11(16)7-9/h5-7,12-13,18H,4,8H2,1-3H3,(H2,17,20). The number of anilines is 1. The van der Waals surface area contributed by atoms with E-state index >= 15 is 0 Å². The van der Waals surface area contributed by atoms with Crippen LogP contribution in [0.1, 0.15) is 32.8 Å². The lowest BCUT2D eigenvalue weighted by atomic mass is 9.64. The van der Waals surface area contributed by atoms with Crippen LogP contribution in [-0.4, -0.2) is 23.7 Å². The van der Waals surface area contributed by atoms with Gasteiger partial charge in [0.1, 0.15) is 4.99 Å². The fourth-order valence-corrected chi connectivity index (χ4v) is 3.14. The van der Waals surface area contributed by atoms with Crippen molar-refractivity contribution in [3.63, 3.8) is 0 Å². The highest BCUT2D eigenvalue weighted by molar-refractivity contribution is 7.80. The second-order valence-corrected chi connectivity index (χ2v) is 6.60. The van der Waals surface area contributed by atoms with E-state index in [0.717, 1.165) is 18.7 Å². The van der Waals surface area contributed by atoms with Crippen molar-refractivity contribution >= 4 is 34.5 Å². The first-order chi connectivity index (χ1) is 9.36. The Morgan fingerprint density at radius 1 is 1.55 bits per heavy atom. The Labute approximate surface area is 130 Å². The minimum absolute atomic E-state index is 0.115. The van der Waals surface area contributed by atoms with Crippen LogP contribution in [-0.2, 0) is 4.74 Å². The topological polar surface area (TPSA) is 47.3 Å². The van der Waals surface area contributed by atoms with Crippen LogP contribution in [0.15, 0.2) is 18.2 Å². The predicted molar refractivity (Wildman–Crippen MR) is 88.6 cm³/mol. The van der Waals surface area contributed by atoms with Crippen LogP contribution in [0.5, 0.6) is 0 Å². The van der Waals surface area contributed by atoms with E-state index < -0.39 is 0 Å². The summed E-state index contributed by atoms with van der Waals surface area (Å²) >= 11 is 11.1. The van der Waals surface area contributed by atoms with E-state index in [0.29, 0.717) is 27.7 Å². The molecule has 0 radical (unpaired) electrons. The molecule has 20 heavy (non-hydrogen) atoms. The Morgan fingerprint density at radius 2 is 2.25 bits per heavy atom. The van der Waals surface area contributed by atoms with Gasteiger partial charge in [-0.2, -0.15) is 0 Å². The largest absolute Gasteiger partial charge is 0.389 e. The third-order valence-electron chi connectivity index (χ3n) is 4.12. The minimum Gasteiger partial charge on any atom is -0.389 e. The fourth-order valence-electron chi connectivity index (χ4n) is 2.62. The Hall–Kier alpha value is -0.840. The lowest BCUT2D eigenvalue weighted by Crippen LogP contribution is -2.58. The third-order valence-corrected chi connectivity index (χ3v) is 4.65. The van der Waals surface area contributed by atoms with Gasteiger partial charge in [0.05, 0.1) is 11.1 Å². The lowest BCUT2D eigenvalue weighted by Gasteiger charge is -2.52. The Morgan fingerprint density at radius 3 is 2.75 bits per heavy atom. The molecule has 0 bridgehead atoms. The predicted octanol–water partition coefficient (Wildman–Crippen LogP) is 3.59. The smallest absolute Gasteiger partial charge is 0.105 e. The molecular weight excluding hydrogens is 292 g/mol. The first kappa shape index (κ1) is 15.5. The highest BCUT2D eigenvalue weighted by atomic mass is 35.5. The zero-order valence-electron chi connectivity index (χ0n) is 12.1. The monoisotopic (exact) mass is 312 g/mol. The highest BCUT2D eigenvalue weighted by Gasteiger charge is 2.48. The molecule has 5 heteroatoms. The molecule has 0 aliphatic heterocycles. The van der Waals surface area contributed by atoms with Crippen molar-refractivity contribution < 1.29 is 4.74 Å². The van der Waals surface area contributed by atoms with E-state index in [4.69, 9.17) is 34.3 Å². The van der Waals surface area contributed by atoms with Gasteiger partial charge < -0.3 is 15.8 Å². The van der Waals surface area contributed by atoms with E-state index in [1.165, 1.54) is 0 Å². The van der Waals surface area contributed by atoms with Crippen molar-refractivity contribution in [3.05, 3.63) is 28.8 Å². The van der Waals surface area contributed by atoms with Crippen LogP contribution in [0.25, 0.3) is 0 Å². The van der Waals surface area contributed by atoms with Crippen LogP contribution < -0.4 is 11.1 Å². The van der Waals surface area contributed by atoms with Crippen molar-refractivity contribution in [1.82, 2.24) is 0 Å². The molecule has 0 spiro atoms. The minimum atomic E-state index is 0.115. The summed E-state index contributed by atoms with van der Waals surface area (Å²) in [4.78, 5) is 0.321. The van der Waals surface area contributed by atoms with Crippen molar-refractivity contribution in [3.8, 4) is 0 Å². The molecule has 1 aliphatic rings. The van der Waals surface area contributed by atoms with Gasteiger partial charge in [0.2, 0.25) is 0 Å². The SMILES string of the molecule is CCOC1CC(Nc2ccc(C(N)=S)c(Cl)c2)C1(C)C. The van der Waals surface area contributed by atoms with Crippen molar-refractivity contribution in [2.75, 3.05) is 11.9 Å². The number of hydrogen-bond donors (Lipinski definition) is 2. The molecule has 2 unspecified atom stereocenters. The normalized spacial score (nSPS) is 24.0. The number of nitrogens with two attached hydrogens (primary N) is 1. The summed E-state index contributed by atoms with van der Waals surface area (Å²) < 4.78 is 5.74. The van der Waals surface area contributed by atoms with Crippen LogP contribution in [0.2, 0.25) is 5.02 Å². The van der Waals surface area contributed by atoms with Gasteiger partial charge in [-0.25, -0.2) is 0 Å². The summed E-state index contributed by atoms with van der Waals surface area (Å²) in [6.07, 6.45) is 1.33. The van der Waals surface area contributed by atoms with E-state index in [9.17, 15) is 0 Å². The molecule has 0 amide bonds.